The monoisotopic (exact) mass is 230 g/mol. The molecule has 1 atom stereocenters. The number of ether oxygens (including phenoxy) is 1. The number of hydrogen-bond acceptors (Lipinski definition) is 3. The minimum atomic E-state index is 0.587. The van der Waals surface area contributed by atoms with Gasteiger partial charge < -0.3 is 10.1 Å². The van der Waals surface area contributed by atoms with Gasteiger partial charge in [-0.15, -0.1) is 0 Å². The van der Waals surface area contributed by atoms with E-state index in [1.165, 1.54) is 12.8 Å². The van der Waals surface area contributed by atoms with Crippen LogP contribution in [0.5, 0.6) is 0 Å². The van der Waals surface area contributed by atoms with E-state index in [2.05, 4.69) is 37.9 Å². The van der Waals surface area contributed by atoms with Crippen molar-refractivity contribution in [2.45, 2.75) is 52.6 Å². The van der Waals surface area contributed by atoms with Crippen LogP contribution in [0.15, 0.2) is 0 Å². The molecule has 0 heterocycles. The molecule has 3 heteroatoms. The largest absolute Gasteiger partial charge is 0.383 e. The van der Waals surface area contributed by atoms with Crippen molar-refractivity contribution < 1.29 is 4.74 Å². The van der Waals surface area contributed by atoms with Crippen LogP contribution >= 0.6 is 0 Å². The van der Waals surface area contributed by atoms with Gasteiger partial charge in [0.25, 0.3) is 0 Å². The zero-order valence-electron chi connectivity index (χ0n) is 11.8. The van der Waals surface area contributed by atoms with E-state index in [9.17, 15) is 0 Å². The molecule has 0 amide bonds. The molecule has 0 bridgehead atoms. The first-order valence-electron chi connectivity index (χ1n) is 6.62. The molecule has 0 fully saturated rings. The average molecular weight is 230 g/mol. The van der Waals surface area contributed by atoms with E-state index in [0.717, 1.165) is 26.2 Å². The Morgan fingerprint density at radius 2 is 1.94 bits per heavy atom. The van der Waals surface area contributed by atoms with Gasteiger partial charge in [-0.2, -0.15) is 0 Å². The SMILES string of the molecule is CCCNCC(CC)N(CCOC)C(C)C. The molecule has 0 aliphatic heterocycles. The molecule has 0 aromatic carbocycles. The highest BCUT2D eigenvalue weighted by molar-refractivity contribution is 4.75. The highest BCUT2D eigenvalue weighted by Crippen LogP contribution is 2.08. The van der Waals surface area contributed by atoms with Gasteiger partial charge in [0.1, 0.15) is 0 Å². The third-order valence-corrected chi connectivity index (χ3v) is 2.96. The van der Waals surface area contributed by atoms with E-state index in [-0.39, 0.29) is 0 Å². The van der Waals surface area contributed by atoms with Gasteiger partial charge in [-0.05, 0) is 33.2 Å². The third-order valence-electron chi connectivity index (χ3n) is 2.96. The van der Waals surface area contributed by atoms with Gasteiger partial charge in [0, 0.05) is 32.3 Å². The molecule has 0 rings (SSSR count). The summed E-state index contributed by atoms with van der Waals surface area (Å²) in [5.74, 6) is 0. The normalized spacial score (nSPS) is 13.7. The summed E-state index contributed by atoms with van der Waals surface area (Å²) in [5, 5.41) is 3.52. The number of methoxy groups -OCH3 is 1. The summed E-state index contributed by atoms with van der Waals surface area (Å²) in [6.07, 6.45) is 2.40. The lowest BCUT2D eigenvalue weighted by atomic mass is 10.1. The van der Waals surface area contributed by atoms with Crippen LogP contribution in [0.3, 0.4) is 0 Å². The van der Waals surface area contributed by atoms with Crippen molar-refractivity contribution in [3.05, 3.63) is 0 Å². The van der Waals surface area contributed by atoms with E-state index in [4.69, 9.17) is 4.74 Å². The first-order chi connectivity index (χ1) is 7.67. The molecule has 0 saturated heterocycles. The molecule has 0 saturated carbocycles. The summed E-state index contributed by atoms with van der Waals surface area (Å²) in [6.45, 7) is 13.1. The van der Waals surface area contributed by atoms with E-state index in [1.807, 2.05) is 0 Å². The van der Waals surface area contributed by atoms with Gasteiger partial charge in [0.2, 0.25) is 0 Å². The van der Waals surface area contributed by atoms with Crippen molar-refractivity contribution in [2.75, 3.05) is 33.4 Å². The highest BCUT2D eigenvalue weighted by Gasteiger charge is 2.18. The van der Waals surface area contributed by atoms with Gasteiger partial charge in [-0.1, -0.05) is 13.8 Å². The van der Waals surface area contributed by atoms with Crippen LogP contribution in [-0.4, -0.2) is 50.3 Å². The average Bonchev–Trinajstić information content (AvgIpc) is 2.26. The Hall–Kier alpha value is -0.120. The zero-order chi connectivity index (χ0) is 12.4. The Morgan fingerprint density at radius 1 is 1.25 bits per heavy atom. The van der Waals surface area contributed by atoms with Crippen LogP contribution in [0, 0.1) is 0 Å². The molecule has 0 radical (unpaired) electrons. The summed E-state index contributed by atoms with van der Waals surface area (Å²) in [7, 11) is 1.77. The van der Waals surface area contributed by atoms with E-state index >= 15 is 0 Å². The van der Waals surface area contributed by atoms with E-state index in [0.29, 0.717) is 12.1 Å². The molecule has 3 nitrogen and oxygen atoms in total. The third kappa shape index (κ3) is 6.46. The quantitative estimate of drug-likeness (QED) is 0.582. The molecule has 1 N–H and O–H groups in total. The molecule has 0 aromatic heterocycles. The molecule has 16 heavy (non-hydrogen) atoms. The van der Waals surface area contributed by atoms with Crippen LogP contribution in [0.1, 0.15) is 40.5 Å². The number of nitrogens with one attached hydrogen (secondary N) is 1. The van der Waals surface area contributed by atoms with Gasteiger partial charge in [0.05, 0.1) is 6.61 Å². The van der Waals surface area contributed by atoms with Crippen molar-refractivity contribution in [3.63, 3.8) is 0 Å². The Balaban J connectivity index is 4.11. The maximum atomic E-state index is 5.18. The predicted octanol–water partition coefficient (Wildman–Crippen LogP) is 2.12. The maximum Gasteiger partial charge on any atom is 0.0589 e. The van der Waals surface area contributed by atoms with Gasteiger partial charge >= 0.3 is 0 Å². The summed E-state index contributed by atoms with van der Waals surface area (Å²) < 4.78 is 5.18. The number of hydrogen-bond donors (Lipinski definition) is 1. The molecule has 0 aromatic rings. The lowest BCUT2D eigenvalue weighted by Gasteiger charge is -2.34. The van der Waals surface area contributed by atoms with Crippen LogP contribution in [-0.2, 0) is 4.74 Å². The molecule has 0 aliphatic carbocycles. The molecular formula is C13H30N2O. The molecule has 0 aliphatic rings. The molecule has 1 unspecified atom stereocenters. The van der Waals surface area contributed by atoms with E-state index in [1.54, 1.807) is 7.11 Å². The lowest BCUT2D eigenvalue weighted by Crippen LogP contribution is -2.47. The molecule has 0 spiro atoms. The van der Waals surface area contributed by atoms with Crippen molar-refractivity contribution in [3.8, 4) is 0 Å². The van der Waals surface area contributed by atoms with Crippen LogP contribution in [0.2, 0.25) is 0 Å². The second kappa shape index (κ2) is 10.1. The molecule has 98 valence electrons. The summed E-state index contributed by atoms with van der Waals surface area (Å²) in [6, 6.07) is 1.21. The standard InChI is InChI=1S/C13H30N2O/c1-6-8-14-11-13(7-2)15(12(3)4)9-10-16-5/h12-14H,6-11H2,1-5H3. The number of nitrogens with zero attached hydrogens (tertiary/aromatic N) is 1. The van der Waals surface area contributed by atoms with Crippen LogP contribution in [0.4, 0.5) is 0 Å². The highest BCUT2D eigenvalue weighted by atomic mass is 16.5. The Morgan fingerprint density at radius 3 is 2.38 bits per heavy atom. The smallest absolute Gasteiger partial charge is 0.0589 e. The number of rotatable bonds is 10. The topological polar surface area (TPSA) is 24.5 Å². The minimum Gasteiger partial charge on any atom is -0.383 e. The van der Waals surface area contributed by atoms with E-state index < -0.39 is 0 Å². The fourth-order valence-electron chi connectivity index (χ4n) is 2.00. The van der Waals surface area contributed by atoms with Gasteiger partial charge in [-0.3, -0.25) is 4.90 Å². The lowest BCUT2D eigenvalue weighted by molar-refractivity contribution is 0.0929. The first kappa shape index (κ1) is 15.9. The van der Waals surface area contributed by atoms with Crippen molar-refractivity contribution in [1.29, 1.82) is 0 Å². The Bertz CT molecular complexity index is 151. The fourth-order valence-corrected chi connectivity index (χ4v) is 2.00. The van der Waals surface area contributed by atoms with Crippen molar-refractivity contribution >= 4 is 0 Å². The minimum absolute atomic E-state index is 0.587. The second-order valence-corrected chi connectivity index (χ2v) is 4.59. The second-order valence-electron chi connectivity index (χ2n) is 4.59. The summed E-state index contributed by atoms with van der Waals surface area (Å²) >= 11 is 0. The van der Waals surface area contributed by atoms with Gasteiger partial charge in [-0.25, -0.2) is 0 Å². The Kier molecular flexibility index (Phi) is 9.99. The summed E-state index contributed by atoms with van der Waals surface area (Å²) in [5.41, 5.74) is 0. The molecular weight excluding hydrogens is 200 g/mol. The predicted molar refractivity (Wildman–Crippen MR) is 71.0 cm³/mol. The Labute approximate surface area is 102 Å². The fraction of sp³-hybridized carbons (Fsp3) is 1.00. The van der Waals surface area contributed by atoms with Crippen molar-refractivity contribution in [2.24, 2.45) is 0 Å². The first-order valence-corrected chi connectivity index (χ1v) is 6.62. The van der Waals surface area contributed by atoms with Crippen molar-refractivity contribution in [1.82, 2.24) is 10.2 Å². The summed E-state index contributed by atoms with van der Waals surface area (Å²) in [4.78, 5) is 2.53. The van der Waals surface area contributed by atoms with Gasteiger partial charge in [0.15, 0.2) is 0 Å². The van der Waals surface area contributed by atoms with Crippen LogP contribution in [0.25, 0.3) is 0 Å². The maximum absolute atomic E-state index is 5.18. The zero-order valence-corrected chi connectivity index (χ0v) is 11.8. The van der Waals surface area contributed by atoms with Crippen LogP contribution < -0.4 is 5.32 Å².